The largest absolute Gasteiger partial charge is 0.495 e. The Morgan fingerprint density at radius 2 is 1.79 bits per heavy atom. The summed E-state index contributed by atoms with van der Waals surface area (Å²) in [5, 5.41) is 3.64. The van der Waals surface area contributed by atoms with Crippen LogP contribution in [0.4, 0.5) is 20.6 Å². The van der Waals surface area contributed by atoms with E-state index < -0.39 is 17.3 Å². The first-order chi connectivity index (χ1) is 18.4. The van der Waals surface area contributed by atoms with E-state index >= 15 is 0 Å². The fourth-order valence-electron chi connectivity index (χ4n) is 4.94. The van der Waals surface area contributed by atoms with E-state index in [-0.39, 0.29) is 11.7 Å². The zero-order valence-corrected chi connectivity index (χ0v) is 23.0. The number of fused-ring (bicyclic) bond motifs is 2. The van der Waals surface area contributed by atoms with Crippen molar-refractivity contribution >= 4 is 39.9 Å². The molecule has 10 nitrogen and oxygen atoms in total. The van der Waals surface area contributed by atoms with Gasteiger partial charge in [0.25, 0.3) is 5.91 Å². The van der Waals surface area contributed by atoms with E-state index in [2.05, 4.69) is 20.2 Å². The van der Waals surface area contributed by atoms with Crippen LogP contribution in [0.2, 0.25) is 0 Å². The van der Waals surface area contributed by atoms with Gasteiger partial charge >= 0.3 is 6.09 Å². The van der Waals surface area contributed by atoms with Crippen molar-refractivity contribution in [2.75, 3.05) is 43.5 Å². The maximum absolute atomic E-state index is 14.6. The quantitative estimate of drug-likeness (QED) is 0.385. The molecule has 1 fully saturated rings. The predicted octanol–water partition coefficient (Wildman–Crippen LogP) is 4.89. The van der Waals surface area contributed by atoms with Crippen molar-refractivity contribution in [2.24, 2.45) is 0 Å². The first-order valence-corrected chi connectivity index (χ1v) is 12.8. The van der Waals surface area contributed by atoms with E-state index in [1.807, 2.05) is 33.8 Å². The number of ether oxygens (including phenoxy) is 2. The molecule has 4 heterocycles. The Morgan fingerprint density at radius 1 is 1.08 bits per heavy atom. The number of carbonyl (C=O) groups excluding carboxylic acids is 2. The number of hydrogen-bond acceptors (Lipinski definition) is 6. The van der Waals surface area contributed by atoms with Crippen LogP contribution >= 0.6 is 0 Å². The third-order valence-corrected chi connectivity index (χ3v) is 6.58. The van der Waals surface area contributed by atoms with Gasteiger partial charge in [0.15, 0.2) is 11.5 Å². The number of nitrogens with one attached hydrogen (secondary N) is 2. The summed E-state index contributed by atoms with van der Waals surface area (Å²) in [7, 11) is 1.56. The molecule has 39 heavy (non-hydrogen) atoms. The van der Waals surface area contributed by atoms with Crippen LogP contribution in [0.1, 0.15) is 42.5 Å². The smallest absolute Gasteiger partial charge is 0.410 e. The molecular formula is C28H33FN6O4. The van der Waals surface area contributed by atoms with Crippen molar-refractivity contribution < 1.29 is 23.5 Å². The van der Waals surface area contributed by atoms with Gasteiger partial charge in [0.1, 0.15) is 11.4 Å². The van der Waals surface area contributed by atoms with Crippen molar-refractivity contribution in [1.29, 1.82) is 0 Å². The van der Waals surface area contributed by atoms with Gasteiger partial charge in [-0.1, -0.05) is 0 Å². The normalized spacial score (nSPS) is 14.2. The molecule has 1 aliphatic rings. The summed E-state index contributed by atoms with van der Waals surface area (Å²) < 4.78 is 27.4. The number of hydrogen-bond donors (Lipinski definition) is 2. The number of benzene rings is 1. The third-order valence-electron chi connectivity index (χ3n) is 6.58. The molecule has 4 aromatic rings. The molecule has 0 aliphatic carbocycles. The van der Waals surface area contributed by atoms with E-state index in [0.29, 0.717) is 54.4 Å². The Kier molecular flexibility index (Phi) is 6.61. The first kappa shape index (κ1) is 26.3. The summed E-state index contributed by atoms with van der Waals surface area (Å²) >= 11 is 0. The Bertz CT molecular complexity index is 1580. The lowest BCUT2D eigenvalue weighted by Gasteiger charge is -2.37. The highest BCUT2D eigenvalue weighted by Gasteiger charge is 2.29. The fourth-order valence-corrected chi connectivity index (χ4v) is 4.94. The number of piperazine rings is 1. The number of halogens is 1. The SMILES string of the molecule is COc1cc(C(=O)Nc2cc(F)c3nc(C)cn3c2)c2[nH]c(C)cc2c1N1CCN(C(=O)OC(C)(C)C)CC1. The Hall–Kier alpha value is -4.28. The lowest BCUT2D eigenvalue weighted by atomic mass is 10.1. The average Bonchev–Trinajstić information content (AvgIpc) is 3.43. The van der Waals surface area contributed by atoms with Gasteiger partial charge in [-0.05, 0) is 46.8 Å². The summed E-state index contributed by atoms with van der Waals surface area (Å²) in [6.07, 6.45) is 2.99. The molecule has 2 N–H and O–H groups in total. The number of carbonyl (C=O) groups is 2. The molecule has 1 saturated heterocycles. The summed E-state index contributed by atoms with van der Waals surface area (Å²) in [5.74, 6) is -0.401. The molecule has 0 spiro atoms. The van der Waals surface area contributed by atoms with Gasteiger partial charge in [-0.15, -0.1) is 0 Å². The molecule has 5 rings (SSSR count). The maximum atomic E-state index is 14.6. The van der Waals surface area contributed by atoms with Crippen LogP contribution in [0.5, 0.6) is 5.75 Å². The van der Waals surface area contributed by atoms with Crippen LogP contribution in [0.25, 0.3) is 16.6 Å². The highest BCUT2D eigenvalue weighted by molar-refractivity contribution is 6.15. The van der Waals surface area contributed by atoms with Crippen LogP contribution in [0.3, 0.4) is 0 Å². The Labute approximate surface area is 225 Å². The van der Waals surface area contributed by atoms with Gasteiger partial charge in [-0.2, -0.15) is 0 Å². The van der Waals surface area contributed by atoms with Gasteiger partial charge in [0.2, 0.25) is 0 Å². The zero-order valence-electron chi connectivity index (χ0n) is 23.0. The zero-order chi connectivity index (χ0) is 28.1. The Balaban J connectivity index is 1.44. The number of methoxy groups -OCH3 is 1. The molecule has 1 aromatic carbocycles. The molecule has 0 atom stereocenters. The number of imidazole rings is 1. The second-order valence-electron chi connectivity index (χ2n) is 10.8. The molecular weight excluding hydrogens is 503 g/mol. The van der Waals surface area contributed by atoms with Crippen LogP contribution < -0.4 is 15.0 Å². The molecule has 0 bridgehead atoms. The van der Waals surface area contributed by atoms with Crippen molar-refractivity contribution in [1.82, 2.24) is 19.3 Å². The molecule has 3 aromatic heterocycles. The van der Waals surface area contributed by atoms with Crippen LogP contribution in [-0.2, 0) is 4.74 Å². The molecule has 0 saturated carbocycles. The summed E-state index contributed by atoms with van der Waals surface area (Å²) in [6, 6.07) is 4.93. The summed E-state index contributed by atoms with van der Waals surface area (Å²) in [4.78, 5) is 37.3. The van der Waals surface area contributed by atoms with Gasteiger partial charge in [-0.3, -0.25) is 4.79 Å². The minimum atomic E-state index is -0.558. The number of amides is 2. The van der Waals surface area contributed by atoms with Crippen LogP contribution in [0.15, 0.2) is 30.6 Å². The monoisotopic (exact) mass is 536 g/mol. The number of pyridine rings is 1. The van der Waals surface area contributed by atoms with E-state index in [1.54, 1.807) is 41.8 Å². The number of H-pyrrole nitrogens is 1. The topological polar surface area (TPSA) is 104 Å². The molecule has 2 amide bonds. The molecule has 206 valence electrons. The fraction of sp³-hybridized carbons (Fsp3) is 0.393. The standard InChI is InChI=1S/C28H33FN6O4/c1-16-11-19-23(30-16)20(26(36)32-18-12-21(29)25-31-17(2)14-35(25)15-18)13-22(38-6)24(19)33-7-9-34(10-8-33)27(37)39-28(3,4)5/h11-15,30H,7-10H2,1-6H3,(H,32,36). The number of aromatic nitrogens is 3. The average molecular weight is 537 g/mol. The maximum Gasteiger partial charge on any atom is 0.410 e. The number of aromatic amines is 1. The molecule has 1 aliphatic heterocycles. The number of rotatable bonds is 4. The van der Waals surface area contributed by atoms with Gasteiger partial charge in [-0.25, -0.2) is 14.2 Å². The minimum absolute atomic E-state index is 0.200. The molecule has 0 unspecified atom stereocenters. The van der Waals surface area contributed by atoms with E-state index in [0.717, 1.165) is 16.8 Å². The van der Waals surface area contributed by atoms with Crippen molar-refractivity contribution in [3.63, 3.8) is 0 Å². The van der Waals surface area contributed by atoms with Gasteiger partial charge < -0.3 is 34.0 Å². The molecule has 0 radical (unpaired) electrons. The van der Waals surface area contributed by atoms with Crippen LogP contribution in [-0.4, -0.2) is 70.2 Å². The van der Waals surface area contributed by atoms with E-state index in [1.165, 1.54) is 6.07 Å². The Morgan fingerprint density at radius 3 is 2.46 bits per heavy atom. The summed E-state index contributed by atoms with van der Waals surface area (Å²) in [6.45, 7) is 11.4. The van der Waals surface area contributed by atoms with Crippen LogP contribution in [0, 0.1) is 19.7 Å². The third kappa shape index (κ3) is 5.21. The highest BCUT2D eigenvalue weighted by atomic mass is 19.1. The van der Waals surface area contributed by atoms with Crippen molar-refractivity contribution in [2.45, 2.75) is 40.2 Å². The summed E-state index contributed by atoms with van der Waals surface area (Å²) in [5.41, 5.74) is 3.36. The van der Waals surface area contributed by atoms with E-state index in [4.69, 9.17) is 9.47 Å². The second-order valence-corrected chi connectivity index (χ2v) is 10.8. The van der Waals surface area contributed by atoms with E-state index in [9.17, 15) is 14.0 Å². The number of nitrogens with zero attached hydrogens (tertiary/aromatic N) is 4. The minimum Gasteiger partial charge on any atom is -0.495 e. The second kappa shape index (κ2) is 9.79. The van der Waals surface area contributed by atoms with Crippen molar-refractivity contribution in [3.05, 3.63) is 53.4 Å². The first-order valence-electron chi connectivity index (χ1n) is 12.8. The number of anilines is 2. The lowest BCUT2D eigenvalue weighted by molar-refractivity contribution is 0.0240. The number of aryl methyl sites for hydroxylation is 2. The van der Waals surface area contributed by atoms with Crippen molar-refractivity contribution in [3.8, 4) is 5.75 Å². The highest BCUT2D eigenvalue weighted by Crippen LogP contribution is 2.40. The van der Waals surface area contributed by atoms with Gasteiger partial charge in [0.05, 0.1) is 35.3 Å². The molecule has 11 heteroatoms. The lowest BCUT2D eigenvalue weighted by Crippen LogP contribution is -2.50. The predicted molar refractivity (Wildman–Crippen MR) is 147 cm³/mol. The van der Waals surface area contributed by atoms with Gasteiger partial charge in [0, 0.05) is 55.7 Å².